The number of aromatic nitrogens is 6. The normalized spacial score (nSPS) is 14.7. The number of fused-ring (bicyclic) bond motifs is 1. The number of anilines is 1. The van der Waals surface area contributed by atoms with E-state index in [9.17, 15) is 9.59 Å². The fraction of sp³-hybridized carbons (Fsp3) is 0.318. The SMILES string of the molecule is Cc1cc(NC(=O)C2CCCCC2)n(-c2nc3c(cnn3-c3ccc(Cl)cc3)c(=O)[nH]2)n1. The molecule has 0 spiro atoms. The molecule has 10 heteroatoms. The minimum atomic E-state index is -0.345. The van der Waals surface area contributed by atoms with Crippen molar-refractivity contribution in [2.75, 3.05) is 5.32 Å². The van der Waals surface area contributed by atoms with Crippen molar-refractivity contribution in [3.63, 3.8) is 0 Å². The third-order valence-corrected chi connectivity index (χ3v) is 6.01. The van der Waals surface area contributed by atoms with Crippen LogP contribution in [0.2, 0.25) is 5.02 Å². The maximum Gasteiger partial charge on any atom is 0.263 e. The molecule has 1 fully saturated rings. The van der Waals surface area contributed by atoms with Crippen LogP contribution in [0.15, 0.2) is 41.3 Å². The molecule has 3 heterocycles. The summed E-state index contributed by atoms with van der Waals surface area (Å²) in [5.74, 6) is 0.636. The third-order valence-electron chi connectivity index (χ3n) is 5.76. The molecular formula is C22H22ClN7O2. The van der Waals surface area contributed by atoms with E-state index in [4.69, 9.17) is 11.6 Å². The van der Waals surface area contributed by atoms with Crippen molar-refractivity contribution in [3.8, 4) is 11.6 Å². The quantitative estimate of drug-likeness (QED) is 0.490. The fourth-order valence-corrected chi connectivity index (χ4v) is 4.25. The monoisotopic (exact) mass is 451 g/mol. The van der Waals surface area contributed by atoms with Crippen LogP contribution >= 0.6 is 11.6 Å². The molecular weight excluding hydrogens is 430 g/mol. The Kier molecular flexibility index (Phi) is 5.26. The first-order valence-corrected chi connectivity index (χ1v) is 11.0. The van der Waals surface area contributed by atoms with Gasteiger partial charge in [0.1, 0.15) is 11.2 Å². The molecule has 0 bridgehead atoms. The van der Waals surface area contributed by atoms with Gasteiger partial charge in [-0.15, -0.1) is 0 Å². The molecule has 32 heavy (non-hydrogen) atoms. The number of amides is 1. The number of rotatable bonds is 4. The summed E-state index contributed by atoms with van der Waals surface area (Å²) >= 11 is 5.99. The lowest BCUT2D eigenvalue weighted by Crippen LogP contribution is -2.26. The average molecular weight is 452 g/mol. The highest BCUT2D eigenvalue weighted by molar-refractivity contribution is 6.30. The lowest BCUT2D eigenvalue weighted by molar-refractivity contribution is -0.120. The zero-order chi connectivity index (χ0) is 22.2. The van der Waals surface area contributed by atoms with Crippen LogP contribution in [0.1, 0.15) is 37.8 Å². The number of nitrogens with zero attached hydrogens (tertiary/aromatic N) is 5. The van der Waals surface area contributed by atoms with Gasteiger partial charge >= 0.3 is 0 Å². The van der Waals surface area contributed by atoms with Gasteiger partial charge in [-0.1, -0.05) is 30.9 Å². The first-order chi connectivity index (χ1) is 15.5. The van der Waals surface area contributed by atoms with Gasteiger partial charge in [0.05, 0.1) is 17.6 Å². The van der Waals surface area contributed by atoms with E-state index in [0.717, 1.165) is 31.4 Å². The second kappa shape index (κ2) is 8.23. The topological polar surface area (TPSA) is 110 Å². The Morgan fingerprint density at radius 3 is 2.66 bits per heavy atom. The van der Waals surface area contributed by atoms with Gasteiger partial charge in [0.2, 0.25) is 11.9 Å². The van der Waals surface area contributed by atoms with E-state index in [2.05, 4.69) is 25.5 Å². The predicted octanol–water partition coefficient (Wildman–Crippen LogP) is 3.78. The van der Waals surface area contributed by atoms with Gasteiger partial charge in [-0.25, -0.2) is 4.68 Å². The Labute approximate surface area is 188 Å². The zero-order valence-corrected chi connectivity index (χ0v) is 18.3. The van der Waals surface area contributed by atoms with Crippen LogP contribution in [-0.2, 0) is 4.79 Å². The summed E-state index contributed by atoms with van der Waals surface area (Å²) in [5.41, 5.74) is 1.44. The molecule has 164 valence electrons. The van der Waals surface area contributed by atoms with Crippen LogP contribution in [0.4, 0.5) is 5.82 Å². The Morgan fingerprint density at radius 1 is 1.16 bits per heavy atom. The molecule has 0 unspecified atom stereocenters. The summed E-state index contributed by atoms with van der Waals surface area (Å²) in [5, 5.41) is 12.7. The molecule has 2 N–H and O–H groups in total. The molecule has 9 nitrogen and oxygen atoms in total. The van der Waals surface area contributed by atoms with Crippen LogP contribution in [-0.4, -0.2) is 35.4 Å². The van der Waals surface area contributed by atoms with E-state index in [-0.39, 0.29) is 23.3 Å². The van der Waals surface area contributed by atoms with Crippen LogP contribution in [0, 0.1) is 12.8 Å². The van der Waals surface area contributed by atoms with Gasteiger partial charge in [-0.3, -0.25) is 14.6 Å². The smallest absolute Gasteiger partial charge is 0.263 e. The molecule has 0 radical (unpaired) electrons. The molecule has 0 aliphatic heterocycles. The maximum absolute atomic E-state index is 12.8. The predicted molar refractivity (Wildman–Crippen MR) is 122 cm³/mol. The molecule has 3 aromatic heterocycles. The lowest BCUT2D eigenvalue weighted by atomic mass is 9.89. The summed E-state index contributed by atoms with van der Waals surface area (Å²) in [7, 11) is 0. The number of benzene rings is 1. The summed E-state index contributed by atoms with van der Waals surface area (Å²) in [6.07, 6.45) is 6.56. The number of nitrogens with one attached hydrogen (secondary N) is 2. The van der Waals surface area contributed by atoms with Gasteiger partial charge < -0.3 is 5.32 Å². The molecule has 1 amide bonds. The second-order valence-electron chi connectivity index (χ2n) is 8.07. The number of H-pyrrole nitrogens is 1. The Hall–Kier alpha value is -3.46. The van der Waals surface area contributed by atoms with E-state index >= 15 is 0 Å². The number of aromatic amines is 1. The van der Waals surface area contributed by atoms with Gasteiger partial charge in [-0.05, 0) is 44.0 Å². The van der Waals surface area contributed by atoms with Crippen molar-refractivity contribution in [3.05, 3.63) is 57.6 Å². The van der Waals surface area contributed by atoms with Crippen LogP contribution < -0.4 is 10.9 Å². The average Bonchev–Trinajstić information content (AvgIpc) is 3.38. The summed E-state index contributed by atoms with van der Waals surface area (Å²) in [6.45, 7) is 1.82. The molecule has 0 saturated heterocycles. The van der Waals surface area contributed by atoms with Crippen molar-refractivity contribution >= 4 is 34.4 Å². The molecule has 0 atom stereocenters. The Morgan fingerprint density at radius 2 is 1.91 bits per heavy atom. The first kappa shape index (κ1) is 20.4. The van der Waals surface area contributed by atoms with Gasteiger partial charge in [0, 0.05) is 17.0 Å². The van der Waals surface area contributed by atoms with E-state index in [1.54, 1.807) is 35.0 Å². The Balaban J connectivity index is 1.55. The summed E-state index contributed by atoms with van der Waals surface area (Å²) in [6, 6.07) is 8.85. The lowest BCUT2D eigenvalue weighted by Gasteiger charge is -2.20. The number of aryl methyl sites for hydroxylation is 1. The van der Waals surface area contributed by atoms with Crippen molar-refractivity contribution < 1.29 is 4.79 Å². The maximum atomic E-state index is 12.8. The van der Waals surface area contributed by atoms with Crippen molar-refractivity contribution in [1.82, 2.24) is 29.5 Å². The summed E-state index contributed by atoms with van der Waals surface area (Å²) < 4.78 is 3.02. The van der Waals surface area contributed by atoms with Gasteiger partial charge in [-0.2, -0.15) is 19.9 Å². The second-order valence-corrected chi connectivity index (χ2v) is 8.50. The van der Waals surface area contributed by atoms with E-state index in [1.165, 1.54) is 17.3 Å². The van der Waals surface area contributed by atoms with Crippen LogP contribution in [0.25, 0.3) is 22.7 Å². The van der Waals surface area contributed by atoms with Crippen molar-refractivity contribution in [2.45, 2.75) is 39.0 Å². The van der Waals surface area contributed by atoms with E-state index < -0.39 is 0 Å². The molecule has 1 aliphatic carbocycles. The third kappa shape index (κ3) is 3.80. The number of carbonyl (C=O) groups excluding carboxylic acids is 1. The fourth-order valence-electron chi connectivity index (χ4n) is 4.12. The largest absolute Gasteiger partial charge is 0.310 e. The van der Waals surface area contributed by atoms with Crippen molar-refractivity contribution in [1.29, 1.82) is 0 Å². The van der Waals surface area contributed by atoms with Gasteiger partial charge in [0.15, 0.2) is 5.65 Å². The highest BCUT2D eigenvalue weighted by Crippen LogP contribution is 2.26. The molecule has 1 aromatic carbocycles. The summed E-state index contributed by atoms with van der Waals surface area (Å²) in [4.78, 5) is 32.9. The standard InChI is InChI=1S/C22H22ClN7O2/c1-13-11-18(25-20(31)14-5-3-2-4-6-14)30(28-13)22-26-19-17(21(32)27-22)12-24-29(19)16-9-7-15(23)8-10-16/h7-12,14H,2-6H2,1H3,(H,25,31)(H,26,27,32). The zero-order valence-electron chi connectivity index (χ0n) is 17.5. The van der Waals surface area contributed by atoms with Crippen LogP contribution in [0.3, 0.4) is 0 Å². The van der Waals surface area contributed by atoms with E-state index in [1.807, 2.05) is 6.92 Å². The molecule has 4 aromatic rings. The minimum Gasteiger partial charge on any atom is -0.310 e. The highest BCUT2D eigenvalue weighted by Gasteiger charge is 2.23. The number of halogens is 1. The minimum absolute atomic E-state index is 0.00627. The Bertz CT molecular complexity index is 1350. The first-order valence-electron chi connectivity index (χ1n) is 10.6. The van der Waals surface area contributed by atoms with Gasteiger partial charge in [0.25, 0.3) is 5.56 Å². The molecule has 1 saturated carbocycles. The highest BCUT2D eigenvalue weighted by atomic mass is 35.5. The van der Waals surface area contributed by atoms with Crippen LogP contribution in [0.5, 0.6) is 0 Å². The van der Waals surface area contributed by atoms with Crippen molar-refractivity contribution in [2.24, 2.45) is 5.92 Å². The molecule has 1 aliphatic rings. The number of hydrogen-bond acceptors (Lipinski definition) is 5. The van der Waals surface area contributed by atoms with E-state index in [0.29, 0.717) is 27.6 Å². The molecule has 5 rings (SSSR count). The number of hydrogen-bond donors (Lipinski definition) is 2. The number of carbonyl (C=O) groups is 1.